The highest BCUT2D eigenvalue weighted by Crippen LogP contribution is 2.33. The number of hydrogen-bond donors (Lipinski definition) is 1. The highest BCUT2D eigenvalue weighted by atomic mass is 35.5. The Bertz CT molecular complexity index is 663. The van der Waals surface area contributed by atoms with E-state index in [1.165, 1.54) is 0 Å². The lowest BCUT2D eigenvalue weighted by molar-refractivity contribution is -0.130. The SMILES string of the molecule is COc1cccc(C2CCCN2C(=O)CNc2ccccc2)c1.Cl. The number of benzene rings is 2. The molecule has 1 aliphatic heterocycles. The number of ether oxygens (including phenoxy) is 1. The van der Waals surface area contributed by atoms with E-state index in [2.05, 4.69) is 11.4 Å². The fraction of sp³-hybridized carbons (Fsp3) is 0.316. The second-order valence-corrected chi connectivity index (χ2v) is 5.74. The number of amides is 1. The van der Waals surface area contributed by atoms with Crippen molar-refractivity contribution in [3.8, 4) is 5.75 Å². The molecular weight excluding hydrogens is 324 g/mol. The van der Waals surface area contributed by atoms with Crippen LogP contribution in [-0.4, -0.2) is 31.0 Å². The van der Waals surface area contributed by atoms with E-state index in [1.54, 1.807) is 7.11 Å². The van der Waals surface area contributed by atoms with Gasteiger partial charge in [-0.25, -0.2) is 0 Å². The van der Waals surface area contributed by atoms with Crippen LogP contribution in [0.3, 0.4) is 0 Å². The molecule has 3 rings (SSSR count). The first-order valence-electron chi connectivity index (χ1n) is 8.00. The predicted molar refractivity (Wildman–Crippen MR) is 98.9 cm³/mol. The first-order valence-corrected chi connectivity index (χ1v) is 8.00. The highest BCUT2D eigenvalue weighted by Gasteiger charge is 2.29. The first-order chi connectivity index (χ1) is 11.3. The zero-order valence-electron chi connectivity index (χ0n) is 13.8. The number of nitrogens with zero attached hydrogens (tertiary/aromatic N) is 1. The smallest absolute Gasteiger partial charge is 0.242 e. The summed E-state index contributed by atoms with van der Waals surface area (Å²) in [5, 5.41) is 3.20. The summed E-state index contributed by atoms with van der Waals surface area (Å²) in [6, 6.07) is 18.0. The van der Waals surface area contributed by atoms with Gasteiger partial charge in [0.25, 0.3) is 0 Å². The number of carbonyl (C=O) groups excluding carboxylic acids is 1. The molecule has 1 aliphatic rings. The molecule has 1 saturated heterocycles. The molecule has 2 aromatic rings. The first kappa shape index (κ1) is 18.1. The molecule has 1 atom stereocenters. The number of likely N-dealkylation sites (tertiary alicyclic amines) is 1. The summed E-state index contributed by atoms with van der Waals surface area (Å²) >= 11 is 0. The molecule has 1 heterocycles. The Morgan fingerprint density at radius 1 is 1.21 bits per heavy atom. The van der Waals surface area contributed by atoms with Crippen LogP contribution < -0.4 is 10.1 Å². The molecule has 1 unspecified atom stereocenters. The van der Waals surface area contributed by atoms with Crippen molar-refractivity contribution in [2.45, 2.75) is 18.9 Å². The Kier molecular flexibility index (Phi) is 6.50. The highest BCUT2D eigenvalue weighted by molar-refractivity contribution is 5.85. The second kappa shape index (κ2) is 8.60. The number of para-hydroxylation sites is 1. The van der Waals surface area contributed by atoms with Gasteiger partial charge < -0.3 is 15.0 Å². The van der Waals surface area contributed by atoms with Crippen LogP contribution in [0.4, 0.5) is 5.69 Å². The summed E-state index contributed by atoms with van der Waals surface area (Å²) in [4.78, 5) is 14.6. The number of carbonyl (C=O) groups is 1. The van der Waals surface area contributed by atoms with Gasteiger partial charge in [-0.05, 0) is 42.7 Å². The largest absolute Gasteiger partial charge is 0.497 e. The van der Waals surface area contributed by atoms with Crippen LogP contribution >= 0.6 is 12.4 Å². The topological polar surface area (TPSA) is 41.6 Å². The van der Waals surface area contributed by atoms with E-state index in [0.29, 0.717) is 6.54 Å². The van der Waals surface area contributed by atoms with Gasteiger partial charge in [-0.15, -0.1) is 12.4 Å². The Labute approximate surface area is 149 Å². The van der Waals surface area contributed by atoms with E-state index in [4.69, 9.17) is 4.74 Å². The van der Waals surface area contributed by atoms with Gasteiger partial charge in [0, 0.05) is 12.2 Å². The summed E-state index contributed by atoms with van der Waals surface area (Å²) in [6.45, 7) is 1.14. The predicted octanol–water partition coefficient (Wildman–Crippen LogP) is 3.89. The van der Waals surface area contributed by atoms with Crippen LogP contribution in [0.25, 0.3) is 0 Å². The molecule has 1 N–H and O–H groups in total. The zero-order valence-corrected chi connectivity index (χ0v) is 14.6. The van der Waals surface area contributed by atoms with E-state index < -0.39 is 0 Å². The van der Waals surface area contributed by atoms with Crippen LogP contribution in [0.5, 0.6) is 5.75 Å². The molecule has 2 aromatic carbocycles. The molecule has 128 valence electrons. The van der Waals surface area contributed by atoms with Crippen molar-refractivity contribution >= 4 is 24.0 Å². The summed E-state index contributed by atoms with van der Waals surface area (Å²) in [5.74, 6) is 0.975. The zero-order chi connectivity index (χ0) is 16.1. The monoisotopic (exact) mass is 346 g/mol. The maximum atomic E-state index is 12.6. The Hall–Kier alpha value is -2.20. The van der Waals surface area contributed by atoms with E-state index in [0.717, 1.165) is 36.4 Å². The molecule has 5 heteroatoms. The van der Waals surface area contributed by atoms with Crippen LogP contribution in [0.2, 0.25) is 0 Å². The standard InChI is InChI=1S/C19H22N2O2.ClH/c1-23-17-10-5-7-15(13-17)18-11-6-12-21(18)19(22)14-20-16-8-3-2-4-9-16;/h2-5,7-10,13,18,20H,6,11-12,14H2,1H3;1H. The lowest BCUT2D eigenvalue weighted by Crippen LogP contribution is -2.35. The number of hydrogen-bond acceptors (Lipinski definition) is 3. The maximum absolute atomic E-state index is 12.6. The van der Waals surface area contributed by atoms with Gasteiger partial charge >= 0.3 is 0 Å². The van der Waals surface area contributed by atoms with Crippen molar-refractivity contribution < 1.29 is 9.53 Å². The summed E-state index contributed by atoms with van der Waals surface area (Å²) in [5.41, 5.74) is 2.12. The molecule has 0 aromatic heterocycles. The molecule has 0 saturated carbocycles. The molecule has 0 aliphatic carbocycles. The van der Waals surface area contributed by atoms with Gasteiger partial charge in [-0.2, -0.15) is 0 Å². The number of methoxy groups -OCH3 is 1. The summed E-state index contributed by atoms with van der Waals surface area (Å²) in [7, 11) is 1.67. The third-order valence-corrected chi connectivity index (χ3v) is 4.27. The quantitative estimate of drug-likeness (QED) is 0.893. The van der Waals surface area contributed by atoms with E-state index >= 15 is 0 Å². The minimum absolute atomic E-state index is 0. The lowest BCUT2D eigenvalue weighted by atomic mass is 10.0. The van der Waals surface area contributed by atoms with Crippen molar-refractivity contribution in [1.29, 1.82) is 0 Å². The van der Waals surface area contributed by atoms with Crippen LogP contribution in [0, 0.1) is 0 Å². The molecule has 0 bridgehead atoms. The fourth-order valence-corrected chi connectivity index (χ4v) is 3.10. The molecule has 1 fully saturated rings. The Morgan fingerprint density at radius 3 is 2.75 bits per heavy atom. The van der Waals surface area contributed by atoms with Crippen LogP contribution in [0.1, 0.15) is 24.4 Å². The molecule has 1 amide bonds. The molecule has 4 nitrogen and oxygen atoms in total. The van der Waals surface area contributed by atoms with Crippen molar-refractivity contribution in [2.75, 3.05) is 25.5 Å². The minimum Gasteiger partial charge on any atom is -0.497 e. The third kappa shape index (κ3) is 4.20. The number of nitrogens with one attached hydrogen (secondary N) is 1. The van der Waals surface area contributed by atoms with E-state index in [9.17, 15) is 4.79 Å². The fourth-order valence-electron chi connectivity index (χ4n) is 3.10. The number of rotatable bonds is 5. The average molecular weight is 347 g/mol. The van der Waals surface area contributed by atoms with Gasteiger partial charge in [0.1, 0.15) is 5.75 Å². The average Bonchev–Trinajstić information content (AvgIpc) is 3.10. The molecular formula is C19H23ClN2O2. The molecule has 0 radical (unpaired) electrons. The second-order valence-electron chi connectivity index (χ2n) is 5.74. The Balaban J connectivity index is 0.00000208. The minimum atomic E-state index is 0. The van der Waals surface area contributed by atoms with Crippen molar-refractivity contribution in [3.63, 3.8) is 0 Å². The van der Waals surface area contributed by atoms with Gasteiger partial charge in [-0.1, -0.05) is 30.3 Å². The van der Waals surface area contributed by atoms with Crippen molar-refractivity contribution in [2.24, 2.45) is 0 Å². The van der Waals surface area contributed by atoms with E-state index in [1.807, 2.05) is 53.4 Å². The Morgan fingerprint density at radius 2 is 2.00 bits per heavy atom. The molecule has 0 spiro atoms. The molecule has 24 heavy (non-hydrogen) atoms. The number of halogens is 1. The summed E-state index contributed by atoms with van der Waals surface area (Å²) < 4.78 is 5.30. The van der Waals surface area contributed by atoms with Gasteiger partial charge in [0.15, 0.2) is 0 Å². The van der Waals surface area contributed by atoms with Gasteiger partial charge in [0.2, 0.25) is 5.91 Å². The van der Waals surface area contributed by atoms with Crippen molar-refractivity contribution in [3.05, 3.63) is 60.2 Å². The van der Waals surface area contributed by atoms with Gasteiger partial charge in [-0.3, -0.25) is 4.79 Å². The maximum Gasteiger partial charge on any atom is 0.242 e. The van der Waals surface area contributed by atoms with Gasteiger partial charge in [0.05, 0.1) is 19.7 Å². The third-order valence-electron chi connectivity index (χ3n) is 4.27. The van der Waals surface area contributed by atoms with Crippen molar-refractivity contribution in [1.82, 2.24) is 4.90 Å². The number of anilines is 1. The van der Waals surface area contributed by atoms with Crippen LogP contribution in [-0.2, 0) is 4.79 Å². The lowest BCUT2D eigenvalue weighted by Gasteiger charge is -2.25. The summed E-state index contributed by atoms with van der Waals surface area (Å²) in [6.07, 6.45) is 2.04. The normalized spacial score (nSPS) is 16.4. The van der Waals surface area contributed by atoms with E-state index in [-0.39, 0.29) is 24.4 Å². The van der Waals surface area contributed by atoms with Crippen LogP contribution in [0.15, 0.2) is 54.6 Å².